The van der Waals surface area contributed by atoms with E-state index < -0.39 is 11.9 Å². The average molecular weight is 276 g/mol. The summed E-state index contributed by atoms with van der Waals surface area (Å²) in [6.07, 6.45) is 3.79. The van der Waals surface area contributed by atoms with E-state index in [1.807, 2.05) is 12.1 Å². The standard InChI is InChI=1S/C15H20N2O3/c1-10(14(18)19)7-8-16-15(20)17-13-6-5-11-3-2-4-12(11)9-13/h5-6,9-10H,2-4,7-8H2,1H3,(H,18,19)(H2,16,17,20). The van der Waals surface area contributed by atoms with Crippen LogP contribution < -0.4 is 10.6 Å². The number of anilines is 1. The van der Waals surface area contributed by atoms with Gasteiger partial charge in [-0.3, -0.25) is 4.79 Å². The first-order valence-corrected chi connectivity index (χ1v) is 6.95. The summed E-state index contributed by atoms with van der Waals surface area (Å²) in [5.41, 5.74) is 3.46. The highest BCUT2D eigenvalue weighted by Crippen LogP contribution is 2.24. The van der Waals surface area contributed by atoms with E-state index in [9.17, 15) is 9.59 Å². The lowest BCUT2D eigenvalue weighted by Crippen LogP contribution is -2.31. The van der Waals surface area contributed by atoms with E-state index in [-0.39, 0.29) is 6.03 Å². The summed E-state index contributed by atoms with van der Waals surface area (Å²) in [5, 5.41) is 14.2. The Hall–Kier alpha value is -2.04. The number of carbonyl (C=O) groups is 2. The largest absolute Gasteiger partial charge is 0.481 e. The lowest BCUT2D eigenvalue weighted by molar-refractivity contribution is -0.141. The van der Waals surface area contributed by atoms with Crippen molar-refractivity contribution in [2.75, 3.05) is 11.9 Å². The van der Waals surface area contributed by atoms with Crippen molar-refractivity contribution in [2.24, 2.45) is 5.92 Å². The summed E-state index contributed by atoms with van der Waals surface area (Å²) in [6.45, 7) is 1.98. The zero-order valence-corrected chi connectivity index (χ0v) is 11.6. The number of aliphatic carboxylic acids is 1. The maximum Gasteiger partial charge on any atom is 0.319 e. The minimum Gasteiger partial charge on any atom is -0.481 e. The van der Waals surface area contributed by atoms with Crippen LogP contribution in [-0.2, 0) is 17.6 Å². The van der Waals surface area contributed by atoms with Gasteiger partial charge in [-0.2, -0.15) is 0 Å². The fourth-order valence-electron chi connectivity index (χ4n) is 2.35. The highest BCUT2D eigenvalue weighted by Gasteiger charge is 2.13. The van der Waals surface area contributed by atoms with Gasteiger partial charge >= 0.3 is 12.0 Å². The number of fused-ring (bicyclic) bond motifs is 1. The summed E-state index contributed by atoms with van der Waals surface area (Å²) in [5.74, 6) is -1.29. The van der Waals surface area contributed by atoms with E-state index in [0.717, 1.165) is 18.5 Å². The molecule has 1 aliphatic carbocycles. The van der Waals surface area contributed by atoms with Crippen LogP contribution in [0.15, 0.2) is 18.2 Å². The zero-order valence-electron chi connectivity index (χ0n) is 11.6. The van der Waals surface area contributed by atoms with Crippen molar-refractivity contribution in [3.05, 3.63) is 29.3 Å². The van der Waals surface area contributed by atoms with Gasteiger partial charge < -0.3 is 15.7 Å². The predicted molar refractivity (Wildman–Crippen MR) is 76.9 cm³/mol. The van der Waals surface area contributed by atoms with E-state index in [2.05, 4.69) is 16.7 Å². The van der Waals surface area contributed by atoms with Crippen molar-refractivity contribution >= 4 is 17.7 Å². The van der Waals surface area contributed by atoms with Gasteiger partial charge in [-0.05, 0) is 48.9 Å². The van der Waals surface area contributed by atoms with Crippen molar-refractivity contribution in [1.29, 1.82) is 0 Å². The van der Waals surface area contributed by atoms with Crippen molar-refractivity contribution in [3.8, 4) is 0 Å². The first kappa shape index (κ1) is 14.4. The molecule has 1 aromatic carbocycles. The summed E-state index contributed by atoms with van der Waals surface area (Å²) in [6, 6.07) is 5.69. The number of hydrogen-bond donors (Lipinski definition) is 3. The van der Waals surface area contributed by atoms with Gasteiger partial charge in [0.2, 0.25) is 0 Å². The second-order valence-corrected chi connectivity index (χ2v) is 5.25. The summed E-state index contributed by atoms with van der Waals surface area (Å²) < 4.78 is 0. The highest BCUT2D eigenvalue weighted by atomic mass is 16.4. The van der Waals surface area contributed by atoms with Crippen LogP contribution in [0.1, 0.15) is 30.9 Å². The molecular weight excluding hydrogens is 256 g/mol. The smallest absolute Gasteiger partial charge is 0.319 e. The van der Waals surface area contributed by atoms with Crippen LogP contribution in [0.4, 0.5) is 10.5 Å². The molecule has 1 aromatic rings. The van der Waals surface area contributed by atoms with E-state index >= 15 is 0 Å². The van der Waals surface area contributed by atoms with Crippen molar-refractivity contribution in [3.63, 3.8) is 0 Å². The first-order valence-electron chi connectivity index (χ1n) is 6.95. The molecule has 0 bridgehead atoms. The van der Waals surface area contributed by atoms with Gasteiger partial charge in [0.25, 0.3) is 0 Å². The topological polar surface area (TPSA) is 78.4 Å². The number of aryl methyl sites for hydroxylation is 2. The van der Waals surface area contributed by atoms with E-state index in [1.165, 1.54) is 17.5 Å². The molecule has 3 N–H and O–H groups in total. The van der Waals surface area contributed by atoms with E-state index in [1.54, 1.807) is 6.92 Å². The Morgan fingerprint density at radius 2 is 2.05 bits per heavy atom. The molecule has 0 fully saturated rings. The molecule has 108 valence electrons. The lowest BCUT2D eigenvalue weighted by Gasteiger charge is -2.10. The number of carbonyl (C=O) groups excluding carboxylic acids is 1. The maximum atomic E-state index is 11.7. The van der Waals surface area contributed by atoms with E-state index in [0.29, 0.717) is 13.0 Å². The first-order chi connectivity index (χ1) is 9.56. The van der Waals surface area contributed by atoms with Crippen molar-refractivity contribution in [1.82, 2.24) is 5.32 Å². The molecule has 5 heteroatoms. The molecular formula is C15H20N2O3. The fourth-order valence-corrected chi connectivity index (χ4v) is 2.35. The quantitative estimate of drug-likeness (QED) is 0.772. The van der Waals surface area contributed by atoms with Gasteiger partial charge in [0, 0.05) is 12.2 Å². The molecule has 2 amide bonds. The highest BCUT2D eigenvalue weighted by molar-refractivity contribution is 5.89. The molecule has 0 radical (unpaired) electrons. The van der Waals surface area contributed by atoms with Gasteiger partial charge in [-0.25, -0.2) is 4.79 Å². The van der Waals surface area contributed by atoms with Crippen LogP contribution >= 0.6 is 0 Å². The molecule has 20 heavy (non-hydrogen) atoms. The maximum absolute atomic E-state index is 11.7. The Morgan fingerprint density at radius 1 is 1.30 bits per heavy atom. The van der Waals surface area contributed by atoms with Crippen LogP contribution in [0, 0.1) is 5.92 Å². The summed E-state index contributed by atoms with van der Waals surface area (Å²) in [7, 11) is 0. The lowest BCUT2D eigenvalue weighted by atomic mass is 10.1. The third-order valence-corrected chi connectivity index (χ3v) is 3.64. The summed E-state index contributed by atoms with van der Waals surface area (Å²) in [4.78, 5) is 22.3. The molecule has 2 rings (SSSR count). The molecule has 0 heterocycles. The Bertz CT molecular complexity index is 514. The van der Waals surface area contributed by atoms with Gasteiger partial charge in [-0.15, -0.1) is 0 Å². The second-order valence-electron chi connectivity index (χ2n) is 5.25. The SMILES string of the molecule is CC(CCNC(=O)Nc1ccc2c(c1)CCC2)C(=O)O. The Labute approximate surface area is 118 Å². The average Bonchev–Trinajstić information content (AvgIpc) is 2.85. The van der Waals surface area contributed by atoms with Crippen molar-refractivity contribution in [2.45, 2.75) is 32.6 Å². The Balaban J connectivity index is 1.78. The number of nitrogens with one attached hydrogen (secondary N) is 2. The Kier molecular flexibility index (Phi) is 4.61. The number of urea groups is 1. The van der Waals surface area contributed by atoms with Gasteiger partial charge in [0.15, 0.2) is 0 Å². The van der Waals surface area contributed by atoms with Crippen molar-refractivity contribution < 1.29 is 14.7 Å². The molecule has 0 spiro atoms. The molecule has 1 aliphatic rings. The molecule has 0 saturated heterocycles. The number of rotatable bonds is 5. The third kappa shape index (κ3) is 3.73. The second kappa shape index (κ2) is 6.41. The monoisotopic (exact) mass is 276 g/mol. The number of carboxylic acid groups (broad SMARTS) is 1. The number of amides is 2. The third-order valence-electron chi connectivity index (χ3n) is 3.64. The normalized spacial score (nSPS) is 14.4. The fraction of sp³-hybridized carbons (Fsp3) is 0.467. The van der Waals surface area contributed by atoms with Crippen LogP contribution in [0.5, 0.6) is 0 Å². The van der Waals surface area contributed by atoms with Crippen LogP contribution in [0.3, 0.4) is 0 Å². The number of benzene rings is 1. The predicted octanol–water partition coefficient (Wildman–Crippen LogP) is 2.41. The molecule has 0 saturated carbocycles. The van der Waals surface area contributed by atoms with E-state index in [4.69, 9.17) is 5.11 Å². The van der Waals surface area contributed by atoms with Crippen LogP contribution in [0.25, 0.3) is 0 Å². The minimum absolute atomic E-state index is 0.291. The zero-order chi connectivity index (χ0) is 14.5. The van der Waals surface area contributed by atoms with Crippen LogP contribution in [0.2, 0.25) is 0 Å². The van der Waals surface area contributed by atoms with Gasteiger partial charge in [0.1, 0.15) is 0 Å². The molecule has 5 nitrogen and oxygen atoms in total. The van der Waals surface area contributed by atoms with Gasteiger partial charge in [0.05, 0.1) is 5.92 Å². The molecule has 0 aliphatic heterocycles. The van der Waals surface area contributed by atoms with Crippen LogP contribution in [-0.4, -0.2) is 23.7 Å². The minimum atomic E-state index is -0.842. The molecule has 1 unspecified atom stereocenters. The number of hydrogen-bond acceptors (Lipinski definition) is 2. The Morgan fingerprint density at radius 3 is 2.80 bits per heavy atom. The molecule has 1 atom stereocenters. The van der Waals surface area contributed by atoms with Gasteiger partial charge in [-0.1, -0.05) is 13.0 Å². The number of carboxylic acids is 1. The molecule has 0 aromatic heterocycles. The summed E-state index contributed by atoms with van der Waals surface area (Å²) >= 11 is 0.